The van der Waals surface area contributed by atoms with Crippen molar-refractivity contribution in [1.29, 1.82) is 0 Å². The van der Waals surface area contributed by atoms with Crippen molar-refractivity contribution in [2.75, 3.05) is 7.11 Å². The van der Waals surface area contributed by atoms with E-state index < -0.39 is 0 Å². The van der Waals surface area contributed by atoms with E-state index in [1.165, 1.54) is 19.4 Å². The van der Waals surface area contributed by atoms with Crippen molar-refractivity contribution in [2.45, 2.75) is 19.9 Å². The molecule has 100 valence electrons. The smallest absolute Gasteiger partial charge is 0.189 e. The fraction of sp³-hybridized carbons (Fsp3) is 0.286. The summed E-state index contributed by atoms with van der Waals surface area (Å²) in [5, 5.41) is 4.07. The lowest BCUT2D eigenvalue weighted by Crippen LogP contribution is -2.13. The van der Waals surface area contributed by atoms with Gasteiger partial charge < -0.3 is 4.74 Å². The van der Waals surface area contributed by atoms with Crippen LogP contribution in [0.25, 0.3) is 0 Å². The van der Waals surface area contributed by atoms with Crippen molar-refractivity contribution >= 4 is 5.78 Å². The number of carbonyl (C=O) groups excluding carboxylic acids is 1. The Labute approximate surface area is 110 Å². The van der Waals surface area contributed by atoms with Crippen LogP contribution in [-0.4, -0.2) is 22.7 Å². The Bertz CT molecular complexity index is 571. The summed E-state index contributed by atoms with van der Waals surface area (Å²) in [4.78, 5) is 12.3. The molecule has 0 aliphatic carbocycles. The van der Waals surface area contributed by atoms with Gasteiger partial charge in [-0.15, -0.1) is 0 Å². The third-order valence-electron chi connectivity index (χ3n) is 2.90. The highest BCUT2D eigenvalue weighted by molar-refractivity contribution is 5.98. The largest absolute Gasteiger partial charge is 0.493 e. The molecular formula is C14H15FN2O2. The molecule has 5 heteroatoms. The van der Waals surface area contributed by atoms with Gasteiger partial charge in [0.25, 0.3) is 0 Å². The van der Waals surface area contributed by atoms with Crippen LogP contribution in [0.3, 0.4) is 0 Å². The molecule has 0 atom stereocenters. The van der Waals surface area contributed by atoms with E-state index in [1.54, 1.807) is 22.9 Å². The van der Waals surface area contributed by atoms with Crippen molar-refractivity contribution in [3.63, 3.8) is 0 Å². The van der Waals surface area contributed by atoms with E-state index in [2.05, 4.69) is 5.10 Å². The van der Waals surface area contributed by atoms with E-state index in [4.69, 9.17) is 4.74 Å². The molecule has 0 fully saturated rings. The number of hydrogen-bond acceptors (Lipinski definition) is 3. The first kappa shape index (κ1) is 13.3. The van der Waals surface area contributed by atoms with Gasteiger partial charge in [0.15, 0.2) is 11.5 Å². The van der Waals surface area contributed by atoms with Gasteiger partial charge in [-0.1, -0.05) is 18.2 Å². The molecule has 2 rings (SSSR count). The minimum atomic E-state index is -0.377. The summed E-state index contributed by atoms with van der Waals surface area (Å²) in [6, 6.07) is 6.25. The molecule has 0 radical (unpaired) electrons. The van der Waals surface area contributed by atoms with Gasteiger partial charge in [-0.05, 0) is 18.6 Å². The fourth-order valence-electron chi connectivity index (χ4n) is 1.94. The van der Waals surface area contributed by atoms with Crippen molar-refractivity contribution in [3.05, 3.63) is 47.5 Å². The molecule has 1 aromatic heterocycles. The second-order valence-electron chi connectivity index (χ2n) is 4.07. The summed E-state index contributed by atoms with van der Waals surface area (Å²) in [7, 11) is 1.48. The predicted octanol–water partition coefficient (Wildman–Crippen LogP) is 2.48. The number of methoxy groups -OCH3 is 1. The van der Waals surface area contributed by atoms with E-state index in [-0.39, 0.29) is 18.0 Å². The fourth-order valence-corrected chi connectivity index (χ4v) is 1.94. The molecule has 19 heavy (non-hydrogen) atoms. The average molecular weight is 262 g/mol. The van der Waals surface area contributed by atoms with Crippen molar-refractivity contribution < 1.29 is 13.9 Å². The SMILES string of the molecule is CCn1ncc(OC)c1C(=O)Cc1ccccc1F. The van der Waals surface area contributed by atoms with Gasteiger partial charge in [-0.3, -0.25) is 9.48 Å². The van der Waals surface area contributed by atoms with Gasteiger partial charge in [0.05, 0.1) is 13.3 Å². The molecule has 0 saturated heterocycles. The van der Waals surface area contributed by atoms with Crippen molar-refractivity contribution in [2.24, 2.45) is 0 Å². The van der Waals surface area contributed by atoms with Gasteiger partial charge >= 0.3 is 0 Å². The van der Waals surface area contributed by atoms with Crippen LogP contribution in [0.15, 0.2) is 30.5 Å². The van der Waals surface area contributed by atoms with Crippen LogP contribution in [-0.2, 0) is 13.0 Å². The maximum Gasteiger partial charge on any atom is 0.189 e. The Morgan fingerprint density at radius 2 is 2.16 bits per heavy atom. The normalized spacial score (nSPS) is 10.5. The molecule has 1 aromatic carbocycles. The number of aryl methyl sites for hydroxylation is 1. The predicted molar refractivity (Wildman–Crippen MR) is 68.9 cm³/mol. The summed E-state index contributed by atoms with van der Waals surface area (Å²) < 4.78 is 20.2. The minimum Gasteiger partial charge on any atom is -0.493 e. The van der Waals surface area contributed by atoms with Gasteiger partial charge in [0.1, 0.15) is 11.5 Å². The molecule has 0 spiro atoms. The number of hydrogen-bond donors (Lipinski definition) is 0. The summed E-state index contributed by atoms with van der Waals surface area (Å²) in [6.45, 7) is 2.44. The number of rotatable bonds is 5. The first-order valence-electron chi connectivity index (χ1n) is 6.03. The third kappa shape index (κ3) is 2.65. The highest BCUT2D eigenvalue weighted by Crippen LogP contribution is 2.20. The number of benzene rings is 1. The van der Waals surface area contributed by atoms with Crippen LogP contribution in [0.2, 0.25) is 0 Å². The maximum atomic E-state index is 13.6. The summed E-state index contributed by atoms with van der Waals surface area (Å²) in [5.74, 6) is -0.165. The summed E-state index contributed by atoms with van der Waals surface area (Å²) in [6.07, 6.45) is 1.49. The van der Waals surface area contributed by atoms with E-state index in [0.717, 1.165) is 0 Å². The molecule has 4 nitrogen and oxygen atoms in total. The van der Waals surface area contributed by atoms with Crippen LogP contribution in [0.4, 0.5) is 4.39 Å². The molecule has 0 bridgehead atoms. The number of carbonyl (C=O) groups is 1. The molecule has 0 aliphatic heterocycles. The van der Waals surface area contributed by atoms with Gasteiger partial charge in [0.2, 0.25) is 0 Å². The first-order chi connectivity index (χ1) is 9.17. The highest BCUT2D eigenvalue weighted by Gasteiger charge is 2.19. The molecular weight excluding hydrogens is 247 g/mol. The second kappa shape index (κ2) is 5.65. The standard InChI is InChI=1S/C14H15FN2O2/c1-3-17-14(13(19-2)9-16-17)12(18)8-10-6-4-5-7-11(10)15/h4-7,9H,3,8H2,1-2H3. The zero-order valence-electron chi connectivity index (χ0n) is 10.9. The molecule has 0 N–H and O–H groups in total. The molecule has 1 heterocycles. The monoisotopic (exact) mass is 262 g/mol. The Balaban J connectivity index is 2.30. The number of aromatic nitrogens is 2. The zero-order chi connectivity index (χ0) is 13.8. The van der Waals surface area contributed by atoms with E-state index in [1.807, 2.05) is 6.92 Å². The van der Waals surface area contributed by atoms with Gasteiger partial charge in [-0.2, -0.15) is 5.10 Å². The minimum absolute atomic E-state index is 0.00523. The molecule has 2 aromatic rings. The van der Waals surface area contributed by atoms with E-state index >= 15 is 0 Å². The zero-order valence-corrected chi connectivity index (χ0v) is 10.9. The topological polar surface area (TPSA) is 44.1 Å². The number of nitrogens with zero attached hydrogens (tertiary/aromatic N) is 2. The lowest BCUT2D eigenvalue weighted by molar-refractivity contribution is 0.0978. The summed E-state index contributed by atoms with van der Waals surface area (Å²) in [5.41, 5.74) is 0.756. The van der Waals surface area contributed by atoms with Gasteiger partial charge in [0, 0.05) is 13.0 Å². The number of halogens is 1. The van der Waals surface area contributed by atoms with E-state index in [9.17, 15) is 9.18 Å². The van der Waals surface area contributed by atoms with Crippen LogP contribution in [0.5, 0.6) is 5.75 Å². The van der Waals surface area contributed by atoms with Gasteiger partial charge in [-0.25, -0.2) is 4.39 Å². The van der Waals surface area contributed by atoms with Crippen LogP contribution in [0.1, 0.15) is 23.0 Å². The Morgan fingerprint density at radius 1 is 1.42 bits per heavy atom. The van der Waals surface area contributed by atoms with Crippen LogP contribution >= 0.6 is 0 Å². The second-order valence-corrected chi connectivity index (χ2v) is 4.07. The van der Waals surface area contributed by atoms with E-state index in [0.29, 0.717) is 23.6 Å². The summed E-state index contributed by atoms with van der Waals surface area (Å²) >= 11 is 0. The number of ether oxygens (including phenoxy) is 1. The quantitative estimate of drug-likeness (QED) is 0.777. The Morgan fingerprint density at radius 3 is 2.79 bits per heavy atom. The third-order valence-corrected chi connectivity index (χ3v) is 2.90. The van der Waals surface area contributed by atoms with Crippen LogP contribution in [0, 0.1) is 5.82 Å². The Kier molecular flexibility index (Phi) is 3.94. The van der Waals surface area contributed by atoms with Crippen molar-refractivity contribution in [3.8, 4) is 5.75 Å². The molecule has 0 aliphatic rings. The number of Topliss-reactive ketones (excluding diaryl/α,β-unsaturated/α-hetero) is 1. The Hall–Kier alpha value is -2.17. The number of ketones is 1. The highest BCUT2D eigenvalue weighted by atomic mass is 19.1. The maximum absolute atomic E-state index is 13.6. The molecule has 0 amide bonds. The lowest BCUT2D eigenvalue weighted by Gasteiger charge is -2.07. The average Bonchev–Trinajstić information content (AvgIpc) is 2.84. The first-order valence-corrected chi connectivity index (χ1v) is 6.03. The van der Waals surface area contributed by atoms with Crippen molar-refractivity contribution in [1.82, 2.24) is 9.78 Å². The van der Waals surface area contributed by atoms with Crippen LogP contribution < -0.4 is 4.74 Å². The lowest BCUT2D eigenvalue weighted by atomic mass is 10.1. The molecule has 0 saturated carbocycles. The molecule has 0 unspecified atom stereocenters.